The first-order valence-electron chi connectivity index (χ1n) is 9.02. The molecule has 3 aliphatic carbocycles. The SMILES string of the molecule is CC1=CC2=C(CCCC2)C1[Si](C)(C)C1C(C)=C(C)C(C)=C1C. The van der Waals surface area contributed by atoms with Crippen molar-refractivity contribution in [1.29, 1.82) is 0 Å². The molecule has 0 aliphatic heterocycles. The molecule has 0 saturated carbocycles. The fraction of sp³-hybridized carbons (Fsp3) is 0.619. The van der Waals surface area contributed by atoms with Gasteiger partial charge in [0.15, 0.2) is 0 Å². The van der Waals surface area contributed by atoms with E-state index in [-0.39, 0.29) is 0 Å². The maximum Gasteiger partial charge on any atom is 0.0713 e. The lowest BCUT2D eigenvalue weighted by atomic mass is 9.93. The minimum absolute atomic E-state index is 0.745. The minimum Gasteiger partial charge on any atom is -0.0686 e. The van der Waals surface area contributed by atoms with Crippen LogP contribution in [0.4, 0.5) is 0 Å². The Balaban J connectivity index is 2.04. The minimum atomic E-state index is -1.46. The number of hydrogen-bond donors (Lipinski definition) is 0. The zero-order valence-electron chi connectivity index (χ0n) is 15.6. The average molecular weight is 313 g/mol. The maximum atomic E-state index is 2.66. The predicted octanol–water partition coefficient (Wildman–Crippen LogP) is 6.95. The molecule has 3 rings (SSSR count). The molecule has 0 spiro atoms. The van der Waals surface area contributed by atoms with Crippen molar-refractivity contribution in [3.8, 4) is 0 Å². The van der Waals surface area contributed by atoms with Crippen molar-refractivity contribution in [2.75, 3.05) is 0 Å². The number of rotatable bonds is 2. The van der Waals surface area contributed by atoms with Crippen molar-refractivity contribution in [3.63, 3.8) is 0 Å². The molecule has 0 bridgehead atoms. The molecule has 0 nitrogen and oxygen atoms in total. The van der Waals surface area contributed by atoms with Gasteiger partial charge in [-0.25, -0.2) is 0 Å². The summed E-state index contributed by atoms with van der Waals surface area (Å²) in [5.41, 5.74) is 13.2. The molecule has 0 aromatic rings. The van der Waals surface area contributed by atoms with E-state index in [4.69, 9.17) is 0 Å². The normalized spacial score (nSPS) is 27.0. The monoisotopic (exact) mass is 312 g/mol. The first-order valence-corrected chi connectivity index (χ1v) is 12.2. The van der Waals surface area contributed by atoms with Crippen molar-refractivity contribution in [3.05, 3.63) is 45.1 Å². The van der Waals surface area contributed by atoms with E-state index in [2.05, 4.69) is 53.8 Å². The van der Waals surface area contributed by atoms with Crippen molar-refractivity contribution < 1.29 is 0 Å². The summed E-state index contributed by atoms with van der Waals surface area (Å²) < 4.78 is 0. The lowest BCUT2D eigenvalue weighted by Crippen LogP contribution is -2.40. The van der Waals surface area contributed by atoms with Gasteiger partial charge < -0.3 is 0 Å². The quantitative estimate of drug-likeness (QED) is 0.484. The van der Waals surface area contributed by atoms with E-state index in [9.17, 15) is 0 Å². The van der Waals surface area contributed by atoms with Gasteiger partial charge in [-0.3, -0.25) is 0 Å². The highest BCUT2D eigenvalue weighted by Crippen LogP contribution is 2.57. The highest BCUT2D eigenvalue weighted by molar-refractivity contribution is 6.83. The van der Waals surface area contributed by atoms with Crippen LogP contribution in [0.1, 0.15) is 60.3 Å². The molecule has 1 heteroatoms. The van der Waals surface area contributed by atoms with Crippen LogP contribution in [0.3, 0.4) is 0 Å². The maximum absolute atomic E-state index is 2.66. The zero-order chi connectivity index (χ0) is 16.2. The molecule has 120 valence electrons. The predicted molar refractivity (Wildman–Crippen MR) is 101 cm³/mol. The first kappa shape index (κ1) is 16.0. The van der Waals surface area contributed by atoms with Crippen LogP contribution in [0, 0.1) is 0 Å². The Morgan fingerprint density at radius 2 is 1.36 bits per heavy atom. The van der Waals surface area contributed by atoms with Gasteiger partial charge in [-0.1, -0.05) is 41.5 Å². The van der Waals surface area contributed by atoms with Gasteiger partial charge in [-0.2, -0.15) is 0 Å². The Morgan fingerprint density at radius 3 is 1.95 bits per heavy atom. The molecule has 3 aliphatic rings. The van der Waals surface area contributed by atoms with E-state index >= 15 is 0 Å². The summed E-state index contributed by atoms with van der Waals surface area (Å²) in [7, 11) is -1.46. The summed E-state index contributed by atoms with van der Waals surface area (Å²) in [6.45, 7) is 17.2. The standard InChI is InChI=1S/C21H32Si/c1-13-12-18-10-8-9-11-19(18)20(13)22(6,7)21-16(4)14(2)15(3)17(21)5/h12,20-21H,8-11H2,1-7H3. The van der Waals surface area contributed by atoms with Crippen molar-refractivity contribution in [2.45, 2.75) is 84.5 Å². The third-order valence-electron chi connectivity index (χ3n) is 6.86. The second kappa shape index (κ2) is 5.37. The van der Waals surface area contributed by atoms with Gasteiger partial charge in [0, 0.05) is 0 Å². The topological polar surface area (TPSA) is 0 Å². The molecular formula is C21H32Si. The molecular weight excluding hydrogens is 280 g/mol. The highest BCUT2D eigenvalue weighted by atomic mass is 28.3. The van der Waals surface area contributed by atoms with Crippen LogP contribution in [0.15, 0.2) is 45.1 Å². The lowest BCUT2D eigenvalue weighted by molar-refractivity contribution is 0.675. The summed E-state index contributed by atoms with van der Waals surface area (Å²) >= 11 is 0. The molecule has 0 N–H and O–H groups in total. The van der Waals surface area contributed by atoms with Gasteiger partial charge >= 0.3 is 0 Å². The largest absolute Gasteiger partial charge is 0.0713 e. The van der Waals surface area contributed by atoms with Gasteiger partial charge in [0.2, 0.25) is 0 Å². The zero-order valence-corrected chi connectivity index (χ0v) is 16.6. The molecule has 1 atom stereocenters. The summed E-state index contributed by atoms with van der Waals surface area (Å²) in [6, 6.07) is 0. The van der Waals surface area contributed by atoms with Crippen LogP contribution in [-0.2, 0) is 0 Å². The smallest absolute Gasteiger partial charge is 0.0686 e. The van der Waals surface area contributed by atoms with Crippen LogP contribution in [0.5, 0.6) is 0 Å². The third-order valence-corrected chi connectivity index (χ3v) is 11.5. The third kappa shape index (κ3) is 2.16. The Kier molecular flexibility index (Phi) is 3.92. The van der Waals surface area contributed by atoms with Gasteiger partial charge in [0.25, 0.3) is 0 Å². The van der Waals surface area contributed by atoms with Gasteiger partial charge in [0.1, 0.15) is 0 Å². The van der Waals surface area contributed by atoms with Crippen molar-refractivity contribution in [2.24, 2.45) is 0 Å². The van der Waals surface area contributed by atoms with Gasteiger partial charge in [-0.15, -0.1) is 0 Å². The Labute approximate surface area is 138 Å². The van der Waals surface area contributed by atoms with Crippen LogP contribution in [-0.4, -0.2) is 8.07 Å². The van der Waals surface area contributed by atoms with Gasteiger partial charge in [-0.05, 0) is 88.1 Å². The molecule has 0 radical (unpaired) electrons. The van der Waals surface area contributed by atoms with E-state index in [0.29, 0.717) is 0 Å². The molecule has 0 fully saturated rings. The summed E-state index contributed by atoms with van der Waals surface area (Å²) in [4.78, 5) is 0. The Hall–Kier alpha value is -0.823. The second-order valence-corrected chi connectivity index (χ2v) is 13.2. The van der Waals surface area contributed by atoms with E-state index in [1.165, 1.54) is 25.7 Å². The molecule has 0 saturated heterocycles. The van der Waals surface area contributed by atoms with Gasteiger partial charge in [0.05, 0.1) is 8.07 Å². The molecule has 0 aromatic carbocycles. The van der Waals surface area contributed by atoms with E-state index in [1.807, 2.05) is 5.57 Å². The Bertz CT molecular complexity index is 613. The summed E-state index contributed by atoms with van der Waals surface area (Å²) in [6.07, 6.45) is 8.06. The highest BCUT2D eigenvalue weighted by Gasteiger charge is 2.47. The fourth-order valence-electron chi connectivity index (χ4n) is 5.75. The van der Waals surface area contributed by atoms with Crippen LogP contribution in [0.2, 0.25) is 24.2 Å². The van der Waals surface area contributed by atoms with Crippen LogP contribution in [0.25, 0.3) is 0 Å². The van der Waals surface area contributed by atoms with E-state index in [1.54, 1.807) is 33.4 Å². The van der Waals surface area contributed by atoms with Crippen LogP contribution >= 0.6 is 0 Å². The number of allylic oxidation sites excluding steroid dienone is 8. The Morgan fingerprint density at radius 1 is 0.818 bits per heavy atom. The summed E-state index contributed by atoms with van der Waals surface area (Å²) in [5.74, 6) is 0. The lowest BCUT2D eigenvalue weighted by Gasteiger charge is -2.41. The molecule has 0 heterocycles. The molecule has 22 heavy (non-hydrogen) atoms. The van der Waals surface area contributed by atoms with Crippen LogP contribution < -0.4 is 0 Å². The molecule has 0 amide bonds. The van der Waals surface area contributed by atoms with Crippen molar-refractivity contribution in [1.82, 2.24) is 0 Å². The average Bonchev–Trinajstić information content (AvgIpc) is 2.89. The molecule has 1 unspecified atom stereocenters. The second-order valence-electron chi connectivity index (χ2n) is 8.45. The first-order chi connectivity index (χ1) is 10.3. The molecule has 0 aromatic heterocycles. The number of hydrogen-bond acceptors (Lipinski definition) is 0. The van der Waals surface area contributed by atoms with E-state index in [0.717, 1.165) is 11.1 Å². The van der Waals surface area contributed by atoms with E-state index < -0.39 is 8.07 Å². The fourth-order valence-corrected chi connectivity index (χ4v) is 11.2. The van der Waals surface area contributed by atoms with Crippen molar-refractivity contribution >= 4 is 8.07 Å². The summed E-state index contributed by atoms with van der Waals surface area (Å²) in [5, 5.41) is 0.